The number of imide groups is 1. The van der Waals surface area contributed by atoms with E-state index in [1.807, 2.05) is 38.1 Å². The number of amides is 4. The van der Waals surface area contributed by atoms with E-state index in [1.165, 1.54) is 0 Å². The Kier molecular flexibility index (Phi) is 4.82. The molecule has 1 N–H and O–H groups in total. The molecule has 1 fully saturated rings. The zero-order valence-electron chi connectivity index (χ0n) is 16.3. The normalized spacial score (nSPS) is 23.3. The van der Waals surface area contributed by atoms with Crippen molar-refractivity contribution in [3.8, 4) is 0 Å². The first kappa shape index (κ1) is 19.5. The highest BCUT2D eigenvalue weighted by Crippen LogP contribution is 2.35. The molecule has 2 heterocycles. The van der Waals surface area contributed by atoms with Crippen molar-refractivity contribution in [3.05, 3.63) is 64.7 Å². The number of fused-ring (bicyclic) bond motifs is 1. The van der Waals surface area contributed by atoms with Crippen molar-refractivity contribution < 1.29 is 14.4 Å². The second-order valence-electron chi connectivity index (χ2n) is 7.54. The molecule has 2 aliphatic rings. The predicted octanol–water partition coefficient (Wildman–Crippen LogP) is 3.47. The first-order valence-electron chi connectivity index (χ1n) is 9.67. The summed E-state index contributed by atoms with van der Waals surface area (Å²) in [7, 11) is 0. The van der Waals surface area contributed by atoms with Crippen LogP contribution in [0.1, 0.15) is 31.4 Å². The van der Waals surface area contributed by atoms with Gasteiger partial charge >= 0.3 is 6.03 Å². The van der Waals surface area contributed by atoms with Crippen molar-refractivity contribution in [2.45, 2.75) is 38.3 Å². The summed E-state index contributed by atoms with van der Waals surface area (Å²) in [5, 5.41) is 3.28. The van der Waals surface area contributed by atoms with E-state index in [2.05, 4.69) is 5.32 Å². The second-order valence-corrected chi connectivity index (χ2v) is 7.97. The first-order chi connectivity index (χ1) is 13.9. The standard InChI is InChI=1S/C22H22ClN3O3/c1-3-22(16-8-6-9-17(23)12-16)20(28)25(21(29)24-22)13-19(27)26-14(2)11-15-7-4-5-10-18(15)26/h4-10,12,14H,3,11,13H2,1-2H3,(H,24,29). The molecule has 150 valence electrons. The Balaban J connectivity index is 1.61. The number of anilines is 1. The molecular formula is C22H22ClN3O3. The summed E-state index contributed by atoms with van der Waals surface area (Å²) < 4.78 is 0. The molecule has 7 heteroatoms. The highest BCUT2D eigenvalue weighted by molar-refractivity contribution is 6.30. The Morgan fingerprint density at radius 2 is 1.97 bits per heavy atom. The third-order valence-electron chi connectivity index (χ3n) is 5.79. The van der Waals surface area contributed by atoms with Gasteiger partial charge in [0.1, 0.15) is 12.1 Å². The maximum Gasteiger partial charge on any atom is 0.325 e. The molecule has 0 aliphatic carbocycles. The van der Waals surface area contributed by atoms with Crippen LogP contribution in [0, 0.1) is 0 Å². The fraction of sp³-hybridized carbons (Fsp3) is 0.318. The van der Waals surface area contributed by atoms with Crippen LogP contribution in [0.25, 0.3) is 0 Å². The number of nitrogens with one attached hydrogen (secondary N) is 1. The molecule has 2 aromatic carbocycles. The summed E-state index contributed by atoms with van der Waals surface area (Å²) in [6, 6.07) is 14.0. The monoisotopic (exact) mass is 411 g/mol. The number of hydrogen-bond acceptors (Lipinski definition) is 3. The molecule has 0 saturated carbocycles. The van der Waals surface area contributed by atoms with Crippen molar-refractivity contribution >= 4 is 35.1 Å². The van der Waals surface area contributed by atoms with Crippen LogP contribution in [-0.2, 0) is 21.5 Å². The third kappa shape index (κ3) is 3.08. The zero-order valence-corrected chi connectivity index (χ0v) is 17.1. The summed E-state index contributed by atoms with van der Waals surface area (Å²) in [5.41, 5.74) is 1.33. The maximum atomic E-state index is 13.3. The third-order valence-corrected chi connectivity index (χ3v) is 6.03. The summed E-state index contributed by atoms with van der Waals surface area (Å²) >= 11 is 6.10. The second kappa shape index (κ2) is 7.19. The van der Waals surface area contributed by atoms with Crippen molar-refractivity contribution in [1.82, 2.24) is 10.2 Å². The summed E-state index contributed by atoms with van der Waals surface area (Å²) in [5.74, 6) is -0.704. The number of carbonyl (C=O) groups is 3. The summed E-state index contributed by atoms with van der Waals surface area (Å²) in [6.45, 7) is 3.49. The molecule has 6 nitrogen and oxygen atoms in total. The SMILES string of the molecule is CCC1(c2cccc(Cl)c2)NC(=O)N(CC(=O)N2c3ccccc3CC2C)C1=O. The van der Waals surface area contributed by atoms with E-state index in [0.717, 1.165) is 22.6 Å². The molecule has 2 aromatic rings. The molecule has 0 spiro atoms. The van der Waals surface area contributed by atoms with E-state index in [9.17, 15) is 14.4 Å². The molecule has 4 rings (SSSR count). The number of urea groups is 1. The van der Waals surface area contributed by atoms with Gasteiger partial charge < -0.3 is 10.2 Å². The lowest BCUT2D eigenvalue weighted by Gasteiger charge is -2.27. The molecule has 2 aliphatic heterocycles. The molecular weight excluding hydrogens is 390 g/mol. The number of nitrogens with zero attached hydrogens (tertiary/aromatic N) is 2. The number of hydrogen-bond donors (Lipinski definition) is 1. The first-order valence-corrected chi connectivity index (χ1v) is 10.1. The van der Waals surface area contributed by atoms with Gasteiger partial charge in [-0.2, -0.15) is 0 Å². The lowest BCUT2D eigenvalue weighted by atomic mass is 9.87. The maximum absolute atomic E-state index is 13.3. The predicted molar refractivity (Wildman–Crippen MR) is 111 cm³/mol. The Morgan fingerprint density at radius 3 is 2.69 bits per heavy atom. The fourth-order valence-electron chi connectivity index (χ4n) is 4.32. The molecule has 0 aromatic heterocycles. The molecule has 2 atom stereocenters. The molecule has 4 amide bonds. The van der Waals surface area contributed by atoms with Crippen LogP contribution in [0.15, 0.2) is 48.5 Å². The van der Waals surface area contributed by atoms with Gasteiger partial charge in [-0.1, -0.05) is 48.9 Å². The Hall–Kier alpha value is -2.86. The van der Waals surface area contributed by atoms with Gasteiger partial charge in [-0.25, -0.2) is 4.79 Å². The van der Waals surface area contributed by atoms with E-state index < -0.39 is 17.5 Å². The highest BCUT2D eigenvalue weighted by Gasteiger charge is 2.52. The van der Waals surface area contributed by atoms with Gasteiger partial charge in [0.15, 0.2) is 0 Å². The zero-order chi connectivity index (χ0) is 20.8. The van der Waals surface area contributed by atoms with Gasteiger partial charge in [0.2, 0.25) is 5.91 Å². The van der Waals surface area contributed by atoms with Crippen LogP contribution in [0.4, 0.5) is 10.5 Å². The lowest BCUT2D eigenvalue weighted by molar-refractivity contribution is -0.134. The smallest absolute Gasteiger partial charge is 0.319 e. The van der Waals surface area contributed by atoms with Gasteiger partial charge in [-0.05, 0) is 49.1 Å². The van der Waals surface area contributed by atoms with Crippen LogP contribution in [-0.4, -0.2) is 35.3 Å². The number of halogens is 1. The van der Waals surface area contributed by atoms with Gasteiger partial charge in [-0.3, -0.25) is 14.5 Å². The van der Waals surface area contributed by atoms with Gasteiger partial charge in [0.05, 0.1) is 0 Å². The van der Waals surface area contributed by atoms with Gasteiger partial charge in [0, 0.05) is 16.8 Å². The van der Waals surface area contributed by atoms with E-state index in [4.69, 9.17) is 11.6 Å². The van der Waals surface area contributed by atoms with Crippen molar-refractivity contribution in [2.75, 3.05) is 11.4 Å². The van der Waals surface area contributed by atoms with Crippen LogP contribution in [0.5, 0.6) is 0 Å². The van der Waals surface area contributed by atoms with E-state index in [0.29, 0.717) is 17.0 Å². The van der Waals surface area contributed by atoms with Gasteiger partial charge in [0.25, 0.3) is 5.91 Å². The number of benzene rings is 2. The van der Waals surface area contributed by atoms with E-state index in [1.54, 1.807) is 29.2 Å². The summed E-state index contributed by atoms with van der Waals surface area (Å²) in [6.07, 6.45) is 1.11. The topological polar surface area (TPSA) is 69.7 Å². The minimum absolute atomic E-state index is 0.0236. The van der Waals surface area contributed by atoms with Crippen LogP contribution in [0.3, 0.4) is 0 Å². The molecule has 29 heavy (non-hydrogen) atoms. The summed E-state index contributed by atoms with van der Waals surface area (Å²) in [4.78, 5) is 41.8. The van der Waals surface area contributed by atoms with Crippen molar-refractivity contribution in [1.29, 1.82) is 0 Å². The molecule has 0 bridgehead atoms. The highest BCUT2D eigenvalue weighted by atomic mass is 35.5. The van der Waals surface area contributed by atoms with Crippen LogP contribution in [0.2, 0.25) is 5.02 Å². The molecule has 2 unspecified atom stereocenters. The van der Waals surface area contributed by atoms with Crippen molar-refractivity contribution in [3.63, 3.8) is 0 Å². The lowest BCUT2D eigenvalue weighted by Crippen LogP contribution is -2.46. The van der Waals surface area contributed by atoms with Crippen molar-refractivity contribution in [2.24, 2.45) is 0 Å². The van der Waals surface area contributed by atoms with Crippen LogP contribution >= 0.6 is 11.6 Å². The molecule has 0 radical (unpaired) electrons. The number of para-hydroxylation sites is 1. The number of rotatable bonds is 4. The fourth-order valence-corrected chi connectivity index (χ4v) is 4.51. The molecule has 1 saturated heterocycles. The van der Waals surface area contributed by atoms with E-state index in [-0.39, 0.29) is 18.5 Å². The minimum atomic E-state index is -1.21. The van der Waals surface area contributed by atoms with E-state index >= 15 is 0 Å². The average Bonchev–Trinajstić information content (AvgIpc) is 3.16. The largest absolute Gasteiger partial charge is 0.325 e. The Labute approximate surface area is 174 Å². The Morgan fingerprint density at radius 1 is 1.21 bits per heavy atom. The Bertz CT molecular complexity index is 1010. The van der Waals surface area contributed by atoms with Gasteiger partial charge in [-0.15, -0.1) is 0 Å². The number of carbonyl (C=O) groups excluding carboxylic acids is 3. The minimum Gasteiger partial charge on any atom is -0.319 e. The van der Waals surface area contributed by atoms with Crippen LogP contribution < -0.4 is 10.2 Å². The average molecular weight is 412 g/mol. The quantitative estimate of drug-likeness (QED) is 0.783.